The Morgan fingerprint density at radius 3 is 2.95 bits per heavy atom. The summed E-state index contributed by atoms with van der Waals surface area (Å²) in [4.78, 5) is 23.0. The van der Waals surface area contributed by atoms with Gasteiger partial charge in [0.25, 0.3) is 0 Å². The van der Waals surface area contributed by atoms with Gasteiger partial charge in [0.15, 0.2) is 10.4 Å². The van der Waals surface area contributed by atoms with Gasteiger partial charge in [0, 0.05) is 6.54 Å². The summed E-state index contributed by atoms with van der Waals surface area (Å²) in [6, 6.07) is 0. The summed E-state index contributed by atoms with van der Waals surface area (Å²) >= 11 is 5.22. The first-order chi connectivity index (χ1) is 9.52. The highest BCUT2D eigenvalue weighted by molar-refractivity contribution is 7.71. The van der Waals surface area contributed by atoms with Gasteiger partial charge in [-0.2, -0.15) is 4.98 Å². The molecular formula is C12H17N5O2S. The molecule has 2 rings (SSSR count). The summed E-state index contributed by atoms with van der Waals surface area (Å²) in [7, 11) is 1.52. The number of amides is 1. The maximum atomic E-state index is 11.9. The van der Waals surface area contributed by atoms with E-state index in [2.05, 4.69) is 20.3 Å². The van der Waals surface area contributed by atoms with Crippen LogP contribution in [0.1, 0.15) is 13.8 Å². The van der Waals surface area contributed by atoms with E-state index in [4.69, 9.17) is 17.0 Å². The Morgan fingerprint density at radius 1 is 1.55 bits per heavy atom. The Hall–Kier alpha value is -1.96. The van der Waals surface area contributed by atoms with Crippen molar-refractivity contribution in [3.8, 4) is 5.88 Å². The van der Waals surface area contributed by atoms with Crippen LogP contribution in [-0.2, 0) is 11.3 Å². The third-order valence-electron chi connectivity index (χ3n) is 2.73. The standard InChI is InChI=1S/C12H17N5O2S/c1-7(2)4-13-8(18)5-17-10-9(16-12(17)20)11(19-3)15-6-14-10/h6-7H,4-5H2,1-3H3,(H,13,18)(H,16,20). The molecule has 0 fully saturated rings. The summed E-state index contributed by atoms with van der Waals surface area (Å²) in [6.45, 7) is 4.82. The van der Waals surface area contributed by atoms with Crippen LogP contribution in [0.5, 0.6) is 5.88 Å². The minimum Gasteiger partial charge on any atom is -0.479 e. The number of carbonyl (C=O) groups excluding carboxylic acids is 1. The lowest BCUT2D eigenvalue weighted by Gasteiger charge is -2.08. The molecule has 0 bridgehead atoms. The number of aromatic nitrogens is 4. The average molecular weight is 295 g/mol. The minimum atomic E-state index is -0.103. The second kappa shape index (κ2) is 6.00. The summed E-state index contributed by atoms with van der Waals surface area (Å²) in [5, 5.41) is 2.85. The van der Waals surface area contributed by atoms with Gasteiger partial charge < -0.3 is 15.0 Å². The number of rotatable bonds is 5. The Balaban J connectivity index is 2.28. The zero-order valence-electron chi connectivity index (χ0n) is 11.6. The van der Waals surface area contributed by atoms with Crippen LogP contribution < -0.4 is 10.1 Å². The van der Waals surface area contributed by atoms with Gasteiger partial charge in [-0.15, -0.1) is 0 Å². The first kappa shape index (κ1) is 14.4. The number of nitrogens with zero attached hydrogens (tertiary/aromatic N) is 3. The van der Waals surface area contributed by atoms with Crippen LogP contribution in [0.3, 0.4) is 0 Å². The van der Waals surface area contributed by atoms with Gasteiger partial charge in [0.1, 0.15) is 18.4 Å². The highest BCUT2D eigenvalue weighted by Crippen LogP contribution is 2.19. The number of carbonyl (C=O) groups is 1. The maximum Gasteiger partial charge on any atom is 0.242 e. The van der Waals surface area contributed by atoms with Crippen LogP contribution in [0.4, 0.5) is 0 Å². The zero-order valence-corrected chi connectivity index (χ0v) is 12.5. The van der Waals surface area contributed by atoms with E-state index in [0.717, 1.165) is 0 Å². The van der Waals surface area contributed by atoms with Gasteiger partial charge in [-0.25, -0.2) is 4.98 Å². The fourth-order valence-corrected chi connectivity index (χ4v) is 2.02. The van der Waals surface area contributed by atoms with Gasteiger partial charge in [0.2, 0.25) is 11.8 Å². The Morgan fingerprint density at radius 2 is 2.30 bits per heavy atom. The Kier molecular flexibility index (Phi) is 4.33. The van der Waals surface area contributed by atoms with Gasteiger partial charge in [-0.1, -0.05) is 13.8 Å². The molecule has 20 heavy (non-hydrogen) atoms. The molecule has 0 aliphatic heterocycles. The predicted octanol–water partition coefficient (Wildman–Crippen LogP) is 1.27. The van der Waals surface area contributed by atoms with Crippen LogP contribution in [0.15, 0.2) is 6.33 Å². The van der Waals surface area contributed by atoms with E-state index in [1.165, 1.54) is 13.4 Å². The molecule has 0 saturated carbocycles. The van der Waals surface area contributed by atoms with Crippen LogP contribution >= 0.6 is 12.2 Å². The van der Waals surface area contributed by atoms with Gasteiger partial charge in [-0.3, -0.25) is 9.36 Å². The SMILES string of the molecule is COc1ncnc2c1[nH]c(=S)n2CC(=O)NCC(C)C. The van der Waals surface area contributed by atoms with E-state index >= 15 is 0 Å². The van der Waals surface area contributed by atoms with Crippen LogP contribution in [0.25, 0.3) is 11.2 Å². The molecule has 0 aromatic carbocycles. The van der Waals surface area contributed by atoms with Gasteiger partial charge >= 0.3 is 0 Å². The largest absolute Gasteiger partial charge is 0.479 e. The number of hydrogen-bond donors (Lipinski definition) is 2. The normalized spacial score (nSPS) is 11.0. The first-order valence-electron chi connectivity index (χ1n) is 6.27. The molecule has 2 N–H and O–H groups in total. The monoisotopic (exact) mass is 295 g/mol. The molecule has 108 valence electrons. The Bertz CT molecular complexity index is 676. The molecule has 2 heterocycles. The van der Waals surface area contributed by atoms with Crippen molar-refractivity contribution in [3.05, 3.63) is 11.1 Å². The van der Waals surface area contributed by atoms with Crippen molar-refractivity contribution >= 4 is 29.3 Å². The molecule has 2 aromatic rings. The number of hydrogen-bond acceptors (Lipinski definition) is 5. The fraction of sp³-hybridized carbons (Fsp3) is 0.500. The van der Waals surface area contributed by atoms with Crippen LogP contribution in [0.2, 0.25) is 0 Å². The minimum absolute atomic E-state index is 0.103. The van der Waals surface area contributed by atoms with Crippen LogP contribution in [-0.4, -0.2) is 39.1 Å². The topological polar surface area (TPSA) is 84.8 Å². The molecule has 0 aliphatic rings. The van der Waals surface area contributed by atoms with Crippen molar-refractivity contribution in [2.24, 2.45) is 5.92 Å². The molecule has 0 spiro atoms. The van der Waals surface area contributed by atoms with Gasteiger partial charge in [0.05, 0.1) is 7.11 Å². The van der Waals surface area contributed by atoms with Crippen molar-refractivity contribution in [2.75, 3.05) is 13.7 Å². The summed E-state index contributed by atoms with van der Waals surface area (Å²) in [5.41, 5.74) is 1.15. The lowest BCUT2D eigenvalue weighted by atomic mass is 10.2. The fourth-order valence-electron chi connectivity index (χ4n) is 1.76. The molecule has 2 aromatic heterocycles. The lowest BCUT2D eigenvalue weighted by molar-refractivity contribution is -0.121. The average Bonchev–Trinajstić information content (AvgIpc) is 2.73. The summed E-state index contributed by atoms with van der Waals surface area (Å²) in [6.07, 6.45) is 1.38. The lowest BCUT2D eigenvalue weighted by Crippen LogP contribution is -2.30. The maximum absolute atomic E-state index is 11.9. The summed E-state index contributed by atoms with van der Waals surface area (Å²) in [5.74, 6) is 0.702. The highest BCUT2D eigenvalue weighted by atomic mass is 32.1. The highest BCUT2D eigenvalue weighted by Gasteiger charge is 2.13. The summed E-state index contributed by atoms with van der Waals surface area (Å²) < 4.78 is 7.18. The molecule has 0 atom stereocenters. The van der Waals surface area contributed by atoms with E-state index in [1.54, 1.807) is 4.57 Å². The number of H-pyrrole nitrogens is 1. The molecular weight excluding hydrogens is 278 g/mol. The predicted molar refractivity (Wildman–Crippen MR) is 77.1 cm³/mol. The molecule has 1 amide bonds. The number of methoxy groups -OCH3 is 1. The van der Waals surface area contributed by atoms with Crippen molar-refractivity contribution in [1.29, 1.82) is 0 Å². The van der Waals surface area contributed by atoms with E-state index in [0.29, 0.717) is 34.3 Å². The zero-order chi connectivity index (χ0) is 14.7. The number of fused-ring (bicyclic) bond motifs is 1. The number of nitrogens with one attached hydrogen (secondary N) is 2. The van der Waals surface area contributed by atoms with E-state index in [-0.39, 0.29) is 12.5 Å². The van der Waals surface area contributed by atoms with E-state index in [1.807, 2.05) is 13.8 Å². The quantitative estimate of drug-likeness (QED) is 0.811. The van der Waals surface area contributed by atoms with Crippen molar-refractivity contribution < 1.29 is 9.53 Å². The molecule has 0 aliphatic carbocycles. The molecule has 8 heteroatoms. The second-order valence-electron chi connectivity index (χ2n) is 4.80. The molecule has 0 saturated heterocycles. The third-order valence-corrected chi connectivity index (χ3v) is 3.05. The second-order valence-corrected chi connectivity index (χ2v) is 5.18. The third kappa shape index (κ3) is 2.96. The van der Waals surface area contributed by atoms with Crippen LogP contribution in [0, 0.1) is 10.7 Å². The molecule has 0 radical (unpaired) electrons. The van der Waals surface area contributed by atoms with E-state index < -0.39 is 0 Å². The van der Waals surface area contributed by atoms with Gasteiger partial charge in [-0.05, 0) is 18.1 Å². The molecule has 7 nitrogen and oxygen atoms in total. The first-order valence-corrected chi connectivity index (χ1v) is 6.68. The van der Waals surface area contributed by atoms with E-state index in [9.17, 15) is 4.79 Å². The van der Waals surface area contributed by atoms with Crippen molar-refractivity contribution in [2.45, 2.75) is 20.4 Å². The van der Waals surface area contributed by atoms with Crippen molar-refractivity contribution in [1.82, 2.24) is 24.8 Å². The van der Waals surface area contributed by atoms with Crippen molar-refractivity contribution in [3.63, 3.8) is 0 Å². The number of ether oxygens (including phenoxy) is 1. The molecule has 0 unspecified atom stereocenters. The number of imidazole rings is 1. The Labute approximate surface area is 121 Å². The smallest absolute Gasteiger partial charge is 0.242 e. The number of aromatic amines is 1.